The summed E-state index contributed by atoms with van der Waals surface area (Å²) in [6.07, 6.45) is 1.86. The highest BCUT2D eigenvalue weighted by Gasteiger charge is 2.31. The molecule has 1 heterocycles. The smallest absolute Gasteiger partial charge is 0.342 e. The number of carbonyl (C=O) groups is 3. The van der Waals surface area contributed by atoms with Crippen molar-refractivity contribution < 1.29 is 29.0 Å². The van der Waals surface area contributed by atoms with Crippen LogP contribution in [0.15, 0.2) is 48.5 Å². The highest BCUT2D eigenvalue weighted by molar-refractivity contribution is 6.04. The lowest BCUT2D eigenvalue weighted by Crippen LogP contribution is -2.35. The minimum atomic E-state index is -0.548. The van der Waals surface area contributed by atoms with Gasteiger partial charge in [0.2, 0.25) is 0 Å². The molecule has 10 heteroatoms. The number of phenols is 1. The molecule has 0 saturated heterocycles. The normalized spacial score (nSPS) is 12.6. The van der Waals surface area contributed by atoms with Gasteiger partial charge in [-0.25, -0.2) is 4.79 Å². The van der Waals surface area contributed by atoms with Gasteiger partial charge in [0.15, 0.2) is 0 Å². The number of amides is 2. The molecular formula is C25H26N4O6. The molecule has 0 bridgehead atoms. The molecule has 1 fully saturated rings. The quantitative estimate of drug-likeness (QED) is 0.422. The van der Waals surface area contributed by atoms with Crippen molar-refractivity contribution in [3.63, 3.8) is 0 Å². The first kappa shape index (κ1) is 23.8. The summed E-state index contributed by atoms with van der Waals surface area (Å²) >= 11 is 0. The monoisotopic (exact) mass is 478 g/mol. The number of carbonyl (C=O) groups excluding carboxylic acids is 3. The Morgan fingerprint density at radius 3 is 2.63 bits per heavy atom. The second-order valence-electron chi connectivity index (χ2n) is 8.02. The minimum absolute atomic E-state index is 0.104. The molecule has 3 N–H and O–H groups in total. The zero-order valence-electron chi connectivity index (χ0n) is 19.4. The van der Waals surface area contributed by atoms with E-state index in [4.69, 9.17) is 9.47 Å². The van der Waals surface area contributed by atoms with Crippen LogP contribution in [0.25, 0.3) is 11.3 Å². The van der Waals surface area contributed by atoms with Gasteiger partial charge in [-0.05, 0) is 56.2 Å². The number of nitrogens with zero attached hydrogens (tertiary/aromatic N) is 2. The van der Waals surface area contributed by atoms with Crippen molar-refractivity contribution in [3.8, 4) is 22.8 Å². The fourth-order valence-electron chi connectivity index (χ4n) is 3.59. The third kappa shape index (κ3) is 5.60. The Bertz CT molecular complexity index is 1260. The molecule has 1 saturated carbocycles. The van der Waals surface area contributed by atoms with Crippen LogP contribution in [0.3, 0.4) is 0 Å². The van der Waals surface area contributed by atoms with Gasteiger partial charge in [-0.1, -0.05) is 6.07 Å². The molecule has 0 atom stereocenters. The molecule has 0 unspecified atom stereocenters. The van der Waals surface area contributed by atoms with Crippen molar-refractivity contribution in [3.05, 3.63) is 59.8 Å². The van der Waals surface area contributed by atoms with Crippen molar-refractivity contribution in [1.82, 2.24) is 15.1 Å². The van der Waals surface area contributed by atoms with Crippen molar-refractivity contribution in [2.75, 3.05) is 25.6 Å². The third-order valence-electron chi connectivity index (χ3n) is 5.48. The van der Waals surface area contributed by atoms with E-state index in [0.29, 0.717) is 34.0 Å². The van der Waals surface area contributed by atoms with E-state index in [0.717, 1.165) is 12.8 Å². The fourth-order valence-corrected chi connectivity index (χ4v) is 3.59. The summed E-state index contributed by atoms with van der Waals surface area (Å²) in [7, 11) is 1.52. The molecule has 10 nitrogen and oxygen atoms in total. The molecule has 0 radical (unpaired) electrons. The summed E-state index contributed by atoms with van der Waals surface area (Å²) < 4.78 is 11.2. The Morgan fingerprint density at radius 1 is 1.14 bits per heavy atom. The van der Waals surface area contributed by atoms with Crippen LogP contribution in [0.4, 0.5) is 10.5 Å². The van der Waals surface area contributed by atoms with Crippen LogP contribution in [0, 0.1) is 0 Å². The number of ether oxygens (including phenoxy) is 2. The maximum Gasteiger partial charge on any atom is 0.342 e. The van der Waals surface area contributed by atoms with Crippen LogP contribution < -0.4 is 15.4 Å². The van der Waals surface area contributed by atoms with E-state index in [1.165, 1.54) is 17.9 Å². The predicted molar refractivity (Wildman–Crippen MR) is 128 cm³/mol. The van der Waals surface area contributed by atoms with Gasteiger partial charge in [-0.15, -0.1) is 0 Å². The van der Waals surface area contributed by atoms with E-state index in [-0.39, 0.29) is 30.7 Å². The van der Waals surface area contributed by atoms with E-state index < -0.39 is 12.0 Å². The van der Waals surface area contributed by atoms with Crippen molar-refractivity contribution in [1.29, 1.82) is 0 Å². The second kappa shape index (κ2) is 10.3. The topological polar surface area (TPSA) is 132 Å². The van der Waals surface area contributed by atoms with E-state index >= 15 is 0 Å². The Labute approximate surface area is 201 Å². The van der Waals surface area contributed by atoms with Crippen molar-refractivity contribution in [2.24, 2.45) is 0 Å². The molecule has 35 heavy (non-hydrogen) atoms. The van der Waals surface area contributed by atoms with E-state index in [9.17, 15) is 19.5 Å². The van der Waals surface area contributed by atoms with Gasteiger partial charge in [0, 0.05) is 28.8 Å². The number of aromatic hydroxyl groups is 1. The number of aromatic nitrogens is 2. The van der Waals surface area contributed by atoms with Crippen LogP contribution in [-0.2, 0) is 9.53 Å². The van der Waals surface area contributed by atoms with Gasteiger partial charge < -0.3 is 25.2 Å². The molecule has 1 aliphatic carbocycles. The molecule has 4 rings (SSSR count). The average molecular weight is 479 g/mol. The minimum Gasteiger partial charge on any atom is -0.507 e. The van der Waals surface area contributed by atoms with Gasteiger partial charge in [0.1, 0.15) is 18.0 Å². The third-order valence-corrected chi connectivity index (χ3v) is 5.48. The predicted octanol–water partition coefficient (Wildman–Crippen LogP) is 3.51. The number of rotatable bonds is 8. The van der Waals surface area contributed by atoms with Crippen LogP contribution in [0.5, 0.6) is 11.5 Å². The lowest BCUT2D eigenvalue weighted by atomic mass is 10.1. The first-order chi connectivity index (χ1) is 16.9. The van der Waals surface area contributed by atoms with E-state index in [2.05, 4.69) is 15.7 Å². The Morgan fingerprint density at radius 2 is 1.94 bits per heavy atom. The van der Waals surface area contributed by atoms with Gasteiger partial charge >= 0.3 is 12.0 Å². The highest BCUT2D eigenvalue weighted by Crippen LogP contribution is 2.42. The Kier molecular flexibility index (Phi) is 7.00. The Hall–Kier alpha value is -4.34. The molecular weight excluding hydrogens is 452 g/mol. The lowest BCUT2D eigenvalue weighted by Gasteiger charge is -2.09. The molecule has 2 amide bonds. The number of methoxy groups -OCH3 is 1. The fraction of sp³-hybridized carbons (Fsp3) is 0.280. The summed E-state index contributed by atoms with van der Waals surface area (Å²) in [5.74, 6) is -0.246. The summed E-state index contributed by atoms with van der Waals surface area (Å²) in [5.41, 5.74) is 2.32. The molecule has 0 aliphatic heterocycles. The van der Waals surface area contributed by atoms with Crippen LogP contribution in [-0.4, -0.2) is 53.1 Å². The van der Waals surface area contributed by atoms with Crippen molar-refractivity contribution >= 4 is 23.6 Å². The van der Waals surface area contributed by atoms with Crippen LogP contribution >= 0.6 is 0 Å². The SMILES string of the molecule is CCOC(=O)CNC(=O)n1nc(-c2ccc(NC(=O)c3cccc(OC)c3)cc2O)cc1C1CC1. The van der Waals surface area contributed by atoms with E-state index in [1.807, 2.05) is 0 Å². The zero-order chi connectivity index (χ0) is 24.9. The van der Waals surface area contributed by atoms with Gasteiger partial charge in [-0.3, -0.25) is 9.59 Å². The highest BCUT2D eigenvalue weighted by atomic mass is 16.5. The van der Waals surface area contributed by atoms with Crippen molar-refractivity contribution in [2.45, 2.75) is 25.7 Å². The Balaban J connectivity index is 1.52. The lowest BCUT2D eigenvalue weighted by molar-refractivity contribution is -0.141. The standard InChI is InChI=1S/C25H26N4O6/c1-3-35-23(31)14-26-25(33)29-21(15-7-8-15)13-20(28-29)19-10-9-17(12-22(19)30)27-24(32)16-5-4-6-18(11-16)34-2/h4-6,9-13,15,30H,3,7-8,14H2,1-2H3,(H,26,33)(H,27,32). The summed E-state index contributed by atoms with van der Waals surface area (Å²) in [6, 6.07) is 12.6. The molecule has 3 aromatic rings. The number of benzene rings is 2. The van der Waals surface area contributed by atoms with E-state index in [1.54, 1.807) is 49.4 Å². The first-order valence-corrected chi connectivity index (χ1v) is 11.2. The number of anilines is 1. The van der Waals surface area contributed by atoms with Crippen LogP contribution in [0.1, 0.15) is 41.7 Å². The number of hydrogen-bond acceptors (Lipinski definition) is 7. The maximum absolute atomic E-state index is 12.7. The first-order valence-electron chi connectivity index (χ1n) is 11.2. The second-order valence-corrected chi connectivity index (χ2v) is 8.02. The molecule has 1 aliphatic rings. The average Bonchev–Trinajstić information content (AvgIpc) is 3.61. The molecule has 0 spiro atoms. The van der Waals surface area contributed by atoms with Crippen LogP contribution in [0.2, 0.25) is 0 Å². The zero-order valence-corrected chi connectivity index (χ0v) is 19.4. The summed E-state index contributed by atoms with van der Waals surface area (Å²) in [6.45, 7) is 1.65. The number of phenolic OH excluding ortho intramolecular Hbond substituents is 1. The van der Waals surface area contributed by atoms with Gasteiger partial charge in [0.25, 0.3) is 5.91 Å². The summed E-state index contributed by atoms with van der Waals surface area (Å²) in [5, 5.41) is 20.3. The molecule has 2 aromatic carbocycles. The number of nitrogens with one attached hydrogen (secondary N) is 2. The molecule has 182 valence electrons. The van der Waals surface area contributed by atoms with Gasteiger partial charge in [-0.2, -0.15) is 9.78 Å². The maximum atomic E-state index is 12.7. The largest absolute Gasteiger partial charge is 0.507 e. The summed E-state index contributed by atoms with van der Waals surface area (Å²) in [4.78, 5) is 36.8. The number of esters is 1. The molecule has 1 aromatic heterocycles. The van der Waals surface area contributed by atoms with Gasteiger partial charge in [0.05, 0.1) is 25.1 Å². The number of hydrogen-bond donors (Lipinski definition) is 3.